The molecule has 0 saturated heterocycles. The van der Waals surface area contributed by atoms with E-state index in [9.17, 15) is 0 Å². The van der Waals surface area contributed by atoms with E-state index in [1.165, 1.54) is 0 Å². The van der Waals surface area contributed by atoms with Gasteiger partial charge in [0.2, 0.25) is 0 Å². The molecule has 66 valence electrons. The zero-order chi connectivity index (χ0) is 8.97. The third kappa shape index (κ3) is 3.78. The summed E-state index contributed by atoms with van der Waals surface area (Å²) in [5.74, 6) is 0. The van der Waals surface area contributed by atoms with Gasteiger partial charge in [0.25, 0.3) is 0 Å². The van der Waals surface area contributed by atoms with Crippen LogP contribution in [0.15, 0.2) is 0 Å². The van der Waals surface area contributed by atoms with Crippen molar-refractivity contribution in [2.45, 2.75) is 38.5 Å². The van der Waals surface area contributed by atoms with Crippen LogP contribution in [0.5, 0.6) is 0 Å². The van der Waals surface area contributed by atoms with E-state index < -0.39 is 0 Å². The van der Waals surface area contributed by atoms with Gasteiger partial charge in [0.05, 0.1) is 0 Å². The van der Waals surface area contributed by atoms with Crippen LogP contribution in [-0.2, 0) is 0 Å². The van der Waals surface area contributed by atoms with Gasteiger partial charge in [-0.15, -0.1) is 0 Å². The molecule has 0 aromatic rings. The lowest BCUT2D eigenvalue weighted by Crippen LogP contribution is -1.97. The average Bonchev–Trinajstić information content (AvgIpc) is 2.11. The first kappa shape index (κ1) is 10.4. The molecule has 0 heterocycles. The van der Waals surface area contributed by atoms with Gasteiger partial charge >= 0.3 is 0 Å². The van der Waals surface area contributed by atoms with Crippen molar-refractivity contribution in [2.24, 2.45) is 0 Å². The zero-order valence-electron chi connectivity index (χ0n) is 6.97. The summed E-state index contributed by atoms with van der Waals surface area (Å²) in [5.41, 5.74) is 0. The molecule has 0 amide bonds. The van der Waals surface area contributed by atoms with E-state index in [1.807, 2.05) is 0 Å². The minimum absolute atomic E-state index is 0.997. The van der Waals surface area contributed by atoms with E-state index in [2.05, 4.69) is 0 Å². The smallest absolute Gasteiger partial charge is 0.00645 e. The molecule has 0 radical (unpaired) electrons. The SMILES string of the molecule is S=C1CCC(=S)CCC(=S)CC1. The van der Waals surface area contributed by atoms with Gasteiger partial charge in [-0.1, -0.05) is 36.7 Å². The highest BCUT2D eigenvalue weighted by atomic mass is 32.1. The summed E-state index contributed by atoms with van der Waals surface area (Å²) < 4.78 is 0. The molecule has 1 aliphatic rings. The summed E-state index contributed by atoms with van der Waals surface area (Å²) in [5, 5.41) is 0. The van der Waals surface area contributed by atoms with Gasteiger partial charge in [0, 0.05) is 0 Å². The molecule has 12 heavy (non-hydrogen) atoms. The van der Waals surface area contributed by atoms with E-state index in [-0.39, 0.29) is 0 Å². The van der Waals surface area contributed by atoms with Crippen LogP contribution in [0.2, 0.25) is 0 Å². The van der Waals surface area contributed by atoms with Gasteiger partial charge in [-0.2, -0.15) is 0 Å². The highest BCUT2D eigenvalue weighted by Gasteiger charge is 2.08. The summed E-state index contributed by atoms with van der Waals surface area (Å²) in [6.07, 6.45) is 5.98. The van der Waals surface area contributed by atoms with E-state index >= 15 is 0 Å². The Morgan fingerprint density at radius 3 is 0.833 bits per heavy atom. The molecule has 0 bridgehead atoms. The Bertz CT molecular complexity index is 162. The fraction of sp³-hybridized carbons (Fsp3) is 0.667. The monoisotopic (exact) mass is 216 g/mol. The van der Waals surface area contributed by atoms with Crippen molar-refractivity contribution in [3.8, 4) is 0 Å². The minimum Gasteiger partial charge on any atom is -0.0897 e. The fourth-order valence-electron chi connectivity index (χ4n) is 1.21. The normalized spacial score (nSPS) is 21.5. The van der Waals surface area contributed by atoms with Crippen molar-refractivity contribution >= 4 is 51.2 Å². The van der Waals surface area contributed by atoms with E-state index in [0.717, 1.165) is 53.1 Å². The highest BCUT2D eigenvalue weighted by Crippen LogP contribution is 2.13. The second-order valence-corrected chi connectivity index (χ2v) is 4.85. The Morgan fingerprint density at radius 2 is 0.667 bits per heavy atom. The Kier molecular flexibility index (Phi) is 4.40. The van der Waals surface area contributed by atoms with Crippen LogP contribution in [0.1, 0.15) is 38.5 Å². The third-order valence-corrected chi connectivity index (χ3v) is 3.27. The predicted molar refractivity (Wildman–Crippen MR) is 65.5 cm³/mol. The van der Waals surface area contributed by atoms with Gasteiger partial charge in [-0.05, 0) is 53.1 Å². The predicted octanol–water partition coefficient (Wildman–Crippen LogP) is 3.45. The van der Waals surface area contributed by atoms with Crippen LogP contribution >= 0.6 is 36.7 Å². The molecule has 0 atom stereocenters. The first-order chi connectivity index (χ1) is 5.68. The van der Waals surface area contributed by atoms with Crippen molar-refractivity contribution in [3.63, 3.8) is 0 Å². The van der Waals surface area contributed by atoms with Crippen LogP contribution in [0.4, 0.5) is 0 Å². The lowest BCUT2D eigenvalue weighted by Gasteiger charge is -1.99. The van der Waals surface area contributed by atoms with Crippen LogP contribution in [0, 0.1) is 0 Å². The van der Waals surface area contributed by atoms with Gasteiger partial charge < -0.3 is 0 Å². The van der Waals surface area contributed by atoms with Crippen LogP contribution in [0.25, 0.3) is 0 Å². The second-order valence-electron chi connectivity index (χ2n) is 3.12. The van der Waals surface area contributed by atoms with Crippen LogP contribution in [-0.4, -0.2) is 14.6 Å². The first-order valence-corrected chi connectivity index (χ1v) is 5.46. The summed E-state index contributed by atoms with van der Waals surface area (Å²) >= 11 is 15.6. The van der Waals surface area contributed by atoms with Gasteiger partial charge in [-0.3, -0.25) is 0 Å². The topological polar surface area (TPSA) is 0 Å². The van der Waals surface area contributed by atoms with Crippen molar-refractivity contribution < 1.29 is 0 Å². The molecule has 1 saturated carbocycles. The molecular weight excluding hydrogens is 204 g/mol. The van der Waals surface area contributed by atoms with Crippen LogP contribution in [0.3, 0.4) is 0 Å². The molecule has 1 fully saturated rings. The quantitative estimate of drug-likeness (QED) is 0.569. The number of thiocarbonyl (C=S) groups is 3. The minimum atomic E-state index is 0.997. The summed E-state index contributed by atoms with van der Waals surface area (Å²) in [4.78, 5) is 3.42. The molecule has 0 aromatic heterocycles. The van der Waals surface area contributed by atoms with Crippen molar-refractivity contribution in [3.05, 3.63) is 0 Å². The highest BCUT2D eigenvalue weighted by molar-refractivity contribution is 7.81. The Balaban J connectivity index is 2.52. The molecule has 0 aromatic carbocycles. The summed E-state index contributed by atoms with van der Waals surface area (Å²) in [6, 6.07) is 0. The molecule has 3 heteroatoms. The molecule has 1 aliphatic carbocycles. The molecule has 0 unspecified atom stereocenters. The number of rotatable bonds is 0. The Labute approximate surface area is 89.7 Å². The molecule has 0 spiro atoms. The van der Waals surface area contributed by atoms with Gasteiger partial charge in [0.1, 0.15) is 0 Å². The Hall–Kier alpha value is 0.270. The third-order valence-electron chi connectivity index (χ3n) is 2.05. The number of hydrogen-bond acceptors (Lipinski definition) is 3. The molecule has 0 aliphatic heterocycles. The largest absolute Gasteiger partial charge is 0.0897 e. The maximum atomic E-state index is 5.20. The van der Waals surface area contributed by atoms with Gasteiger partial charge in [0.15, 0.2) is 0 Å². The summed E-state index contributed by atoms with van der Waals surface area (Å²) in [7, 11) is 0. The number of hydrogen-bond donors (Lipinski definition) is 0. The van der Waals surface area contributed by atoms with Crippen molar-refractivity contribution in [2.75, 3.05) is 0 Å². The molecular formula is C9H12S3. The molecule has 0 N–H and O–H groups in total. The summed E-state index contributed by atoms with van der Waals surface area (Å²) in [6.45, 7) is 0. The second kappa shape index (κ2) is 5.10. The van der Waals surface area contributed by atoms with Crippen molar-refractivity contribution in [1.82, 2.24) is 0 Å². The lowest BCUT2D eigenvalue weighted by molar-refractivity contribution is 1.09. The molecule has 1 rings (SSSR count). The maximum absolute atomic E-state index is 5.20. The average molecular weight is 216 g/mol. The van der Waals surface area contributed by atoms with E-state index in [1.54, 1.807) is 0 Å². The fourth-order valence-corrected chi connectivity index (χ4v) is 1.82. The van der Waals surface area contributed by atoms with E-state index in [4.69, 9.17) is 36.7 Å². The van der Waals surface area contributed by atoms with Gasteiger partial charge in [-0.25, -0.2) is 0 Å². The maximum Gasteiger partial charge on any atom is -0.00645 e. The zero-order valence-corrected chi connectivity index (χ0v) is 9.42. The lowest BCUT2D eigenvalue weighted by atomic mass is 10.1. The standard InChI is InChI=1S/C9H12S3/c10-7-1-2-8(11)5-6-9(12)4-3-7/h1-6H2. The first-order valence-electron chi connectivity index (χ1n) is 4.23. The van der Waals surface area contributed by atoms with E-state index in [0.29, 0.717) is 0 Å². The van der Waals surface area contributed by atoms with Crippen LogP contribution < -0.4 is 0 Å². The Morgan fingerprint density at radius 1 is 0.500 bits per heavy atom. The van der Waals surface area contributed by atoms with Crippen molar-refractivity contribution in [1.29, 1.82) is 0 Å². The molecule has 0 nitrogen and oxygen atoms in total.